The highest BCUT2D eigenvalue weighted by Crippen LogP contribution is 2.14. The summed E-state index contributed by atoms with van der Waals surface area (Å²) in [6, 6.07) is 5.58. The molecule has 0 fully saturated rings. The van der Waals surface area contributed by atoms with Crippen molar-refractivity contribution in [1.82, 2.24) is 9.97 Å². The predicted molar refractivity (Wildman–Crippen MR) is 57.8 cm³/mol. The summed E-state index contributed by atoms with van der Waals surface area (Å²) in [5, 5.41) is 0. The van der Waals surface area contributed by atoms with Crippen molar-refractivity contribution in [3.05, 3.63) is 42.2 Å². The summed E-state index contributed by atoms with van der Waals surface area (Å²) in [6.07, 6.45) is 6.19. The normalized spacial score (nSPS) is 10.9. The van der Waals surface area contributed by atoms with Crippen LogP contribution in [0.3, 0.4) is 0 Å². The van der Waals surface area contributed by atoms with Crippen LogP contribution in [0.2, 0.25) is 0 Å². The van der Waals surface area contributed by atoms with Gasteiger partial charge < -0.3 is 5.73 Å². The number of hydrogen-bond donors (Lipinski definition) is 1. The van der Waals surface area contributed by atoms with Gasteiger partial charge in [-0.15, -0.1) is 0 Å². The zero-order chi connectivity index (χ0) is 10.7. The van der Waals surface area contributed by atoms with Gasteiger partial charge in [-0.05, 0) is 12.1 Å². The number of para-hydroxylation sites is 1. The molecule has 74 valence electrons. The van der Waals surface area contributed by atoms with Crippen LogP contribution >= 0.6 is 0 Å². The molecule has 0 saturated carbocycles. The molecule has 0 bridgehead atoms. The number of rotatable bonds is 2. The average molecular weight is 199 g/mol. The van der Waals surface area contributed by atoms with E-state index >= 15 is 0 Å². The van der Waals surface area contributed by atoms with Crippen molar-refractivity contribution >= 4 is 23.0 Å². The van der Waals surface area contributed by atoms with E-state index in [4.69, 9.17) is 5.73 Å². The first-order valence-electron chi connectivity index (χ1n) is 4.44. The Kier molecular flexibility index (Phi) is 2.41. The first-order chi connectivity index (χ1) is 7.27. The van der Waals surface area contributed by atoms with Gasteiger partial charge in [0, 0.05) is 24.0 Å². The smallest absolute Gasteiger partial charge is 0.241 e. The SMILES string of the molecule is NC(=O)/C=C\c1cccc2nccnc12. The molecule has 2 N–H and O–H groups in total. The van der Waals surface area contributed by atoms with Crippen LogP contribution in [0.1, 0.15) is 5.56 Å². The van der Waals surface area contributed by atoms with Crippen molar-refractivity contribution in [3.8, 4) is 0 Å². The van der Waals surface area contributed by atoms with E-state index < -0.39 is 5.91 Å². The molecule has 4 heteroatoms. The van der Waals surface area contributed by atoms with E-state index in [0.29, 0.717) is 0 Å². The number of fused-ring (bicyclic) bond motifs is 1. The molecule has 15 heavy (non-hydrogen) atoms. The van der Waals surface area contributed by atoms with Crippen molar-refractivity contribution in [1.29, 1.82) is 0 Å². The monoisotopic (exact) mass is 199 g/mol. The van der Waals surface area contributed by atoms with Crippen molar-refractivity contribution in [3.63, 3.8) is 0 Å². The summed E-state index contributed by atoms with van der Waals surface area (Å²) in [6.45, 7) is 0. The molecule has 4 nitrogen and oxygen atoms in total. The third kappa shape index (κ3) is 1.99. The topological polar surface area (TPSA) is 68.9 Å². The summed E-state index contributed by atoms with van der Waals surface area (Å²) >= 11 is 0. The van der Waals surface area contributed by atoms with Crippen LogP contribution in [0.5, 0.6) is 0 Å². The van der Waals surface area contributed by atoms with Crippen LogP contribution in [0.4, 0.5) is 0 Å². The zero-order valence-corrected chi connectivity index (χ0v) is 7.92. The lowest BCUT2D eigenvalue weighted by molar-refractivity contribution is -0.113. The standard InChI is InChI=1S/C11H9N3O/c12-10(15)5-4-8-2-1-3-9-11(8)14-7-6-13-9/h1-7H,(H2,12,15)/b5-4-. The Morgan fingerprint density at radius 3 is 2.87 bits per heavy atom. The maximum absolute atomic E-state index is 10.6. The number of hydrogen-bond acceptors (Lipinski definition) is 3. The second-order valence-corrected chi connectivity index (χ2v) is 3.01. The van der Waals surface area contributed by atoms with E-state index in [9.17, 15) is 4.79 Å². The minimum atomic E-state index is -0.476. The maximum Gasteiger partial charge on any atom is 0.241 e. The van der Waals surface area contributed by atoms with Crippen molar-refractivity contribution in [2.45, 2.75) is 0 Å². The molecule has 0 saturated heterocycles. The third-order valence-electron chi connectivity index (χ3n) is 1.96. The lowest BCUT2D eigenvalue weighted by atomic mass is 10.1. The lowest BCUT2D eigenvalue weighted by Crippen LogP contribution is -2.05. The van der Waals surface area contributed by atoms with Crippen LogP contribution < -0.4 is 5.73 Å². The predicted octanol–water partition coefficient (Wildman–Crippen LogP) is 1.13. The number of carbonyl (C=O) groups is 1. The molecule has 1 heterocycles. The molecule has 2 aromatic rings. The quantitative estimate of drug-likeness (QED) is 0.737. The van der Waals surface area contributed by atoms with Gasteiger partial charge in [-0.25, -0.2) is 0 Å². The van der Waals surface area contributed by atoms with Gasteiger partial charge in [-0.2, -0.15) is 0 Å². The van der Waals surface area contributed by atoms with E-state index in [-0.39, 0.29) is 0 Å². The molecule has 1 amide bonds. The highest BCUT2D eigenvalue weighted by atomic mass is 16.1. The lowest BCUT2D eigenvalue weighted by Gasteiger charge is -1.98. The van der Waals surface area contributed by atoms with Gasteiger partial charge in [-0.1, -0.05) is 12.1 Å². The number of benzene rings is 1. The molecule has 0 unspecified atom stereocenters. The van der Waals surface area contributed by atoms with Gasteiger partial charge in [0.05, 0.1) is 11.0 Å². The molecular weight excluding hydrogens is 190 g/mol. The summed E-state index contributed by atoms with van der Waals surface area (Å²) in [5.74, 6) is -0.476. The first-order valence-corrected chi connectivity index (χ1v) is 4.44. The molecule has 0 spiro atoms. The number of amides is 1. The van der Waals surface area contributed by atoms with Gasteiger partial charge in [0.15, 0.2) is 0 Å². The highest BCUT2D eigenvalue weighted by Gasteiger charge is 1.98. The maximum atomic E-state index is 10.6. The summed E-state index contributed by atoms with van der Waals surface area (Å²) in [4.78, 5) is 19.0. The van der Waals surface area contributed by atoms with E-state index in [2.05, 4.69) is 9.97 Å². The second-order valence-electron chi connectivity index (χ2n) is 3.01. The zero-order valence-electron chi connectivity index (χ0n) is 7.92. The van der Waals surface area contributed by atoms with E-state index in [1.54, 1.807) is 18.5 Å². The number of primary amides is 1. The molecule has 2 rings (SSSR count). The van der Waals surface area contributed by atoms with Gasteiger partial charge in [-0.3, -0.25) is 14.8 Å². The molecule has 0 radical (unpaired) electrons. The van der Waals surface area contributed by atoms with Crippen molar-refractivity contribution in [2.75, 3.05) is 0 Å². The molecule has 1 aromatic heterocycles. The Labute approximate surface area is 86.5 Å². The van der Waals surface area contributed by atoms with Gasteiger partial charge in [0.1, 0.15) is 0 Å². The number of aromatic nitrogens is 2. The third-order valence-corrected chi connectivity index (χ3v) is 1.96. The fourth-order valence-electron chi connectivity index (χ4n) is 1.32. The van der Waals surface area contributed by atoms with E-state index in [1.807, 2.05) is 18.2 Å². The molecule has 0 aliphatic heterocycles. The number of carbonyl (C=O) groups excluding carboxylic acids is 1. The Balaban J connectivity index is 2.56. The molecule has 1 aromatic carbocycles. The molecule has 0 aliphatic carbocycles. The van der Waals surface area contributed by atoms with Crippen LogP contribution in [-0.4, -0.2) is 15.9 Å². The largest absolute Gasteiger partial charge is 0.366 e. The first kappa shape index (κ1) is 9.33. The van der Waals surface area contributed by atoms with Crippen molar-refractivity contribution in [2.24, 2.45) is 5.73 Å². The number of nitrogens with two attached hydrogens (primary N) is 1. The fraction of sp³-hybridized carbons (Fsp3) is 0. The highest BCUT2D eigenvalue weighted by molar-refractivity contribution is 5.93. The minimum absolute atomic E-state index is 0.476. The molecular formula is C11H9N3O. The summed E-state index contributed by atoms with van der Waals surface area (Å²) in [7, 11) is 0. The molecule has 0 atom stereocenters. The van der Waals surface area contributed by atoms with Crippen LogP contribution in [0, 0.1) is 0 Å². The Morgan fingerprint density at radius 2 is 2.07 bits per heavy atom. The Morgan fingerprint density at radius 1 is 1.27 bits per heavy atom. The molecule has 0 aliphatic rings. The van der Waals surface area contributed by atoms with Gasteiger partial charge >= 0.3 is 0 Å². The second kappa shape index (κ2) is 3.88. The number of nitrogens with zero attached hydrogens (tertiary/aromatic N) is 2. The fourth-order valence-corrected chi connectivity index (χ4v) is 1.32. The Hall–Kier alpha value is -2.23. The van der Waals surface area contributed by atoms with E-state index in [0.717, 1.165) is 16.6 Å². The van der Waals surface area contributed by atoms with Crippen LogP contribution in [-0.2, 0) is 4.79 Å². The Bertz CT molecular complexity index is 529. The average Bonchev–Trinajstić information content (AvgIpc) is 2.26. The van der Waals surface area contributed by atoms with Gasteiger partial charge in [0.2, 0.25) is 5.91 Å². The van der Waals surface area contributed by atoms with Crippen LogP contribution in [0.25, 0.3) is 17.1 Å². The summed E-state index contributed by atoms with van der Waals surface area (Å²) < 4.78 is 0. The van der Waals surface area contributed by atoms with E-state index in [1.165, 1.54) is 6.08 Å². The van der Waals surface area contributed by atoms with Crippen LogP contribution in [0.15, 0.2) is 36.7 Å². The summed E-state index contributed by atoms with van der Waals surface area (Å²) in [5.41, 5.74) is 7.41. The van der Waals surface area contributed by atoms with Gasteiger partial charge in [0.25, 0.3) is 0 Å². The van der Waals surface area contributed by atoms with Crippen molar-refractivity contribution < 1.29 is 4.79 Å². The minimum Gasteiger partial charge on any atom is -0.366 e.